The van der Waals surface area contributed by atoms with Crippen LogP contribution >= 0.6 is 0 Å². The Morgan fingerprint density at radius 1 is 1.12 bits per heavy atom. The molecule has 7 nitrogen and oxygen atoms in total. The van der Waals surface area contributed by atoms with Gasteiger partial charge in [-0.1, -0.05) is 6.07 Å². The molecule has 174 valence electrons. The number of halogens is 3. The summed E-state index contributed by atoms with van der Waals surface area (Å²) in [5.41, 5.74) is 1.95. The maximum absolute atomic E-state index is 12.6. The smallest absolute Gasteiger partial charge is 0.390 e. The Hall–Kier alpha value is -2.95. The number of carbonyl (C=O) groups is 1. The lowest BCUT2D eigenvalue weighted by Crippen LogP contribution is -2.52. The lowest BCUT2D eigenvalue weighted by atomic mass is 9.96. The Labute approximate surface area is 184 Å². The maximum Gasteiger partial charge on any atom is 0.390 e. The van der Waals surface area contributed by atoms with Gasteiger partial charge < -0.3 is 19.1 Å². The Morgan fingerprint density at radius 2 is 1.81 bits per heavy atom. The summed E-state index contributed by atoms with van der Waals surface area (Å²) in [7, 11) is -1.39. The maximum atomic E-state index is 12.6. The summed E-state index contributed by atoms with van der Waals surface area (Å²) >= 11 is 0. The van der Waals surface area contributed by atoms with Crippen LogP contribution in [0.1, 0.15) is 20.3 Å². The molecule has 11 heteroatoms. The fourth-order valence-corrected chi connectivity index (χ4v) is 4.35. The summed E-state index contributed by atoms with van der Waals surface area (Å²) in [4.78, 5) is 14.1. The molecule has 0 aromatic heterocycles. The zero-order valence-corrected chi connectivity index (χ0v) is 18.7. The summed E-state index contributed by atoms with van der Waals surface area (Å²) in [5.74, 6) is -1.20. The molecule has 0 atom stereocenters. The lowest BCUT2D eigenvalue weighted by molar-refractivity contribution is -0.130. The van der Waals surface area contributed by atoms with Gasteiger partial charge in [0.2, 0.25) is 0 Å². The van der Waals surface area contributed by atoms with E-state index in [1.165, 1.54) is 25.3 Å². The zero-order valence-electron chi connectivity index (χ0n) is 17.9. The Balaban J connectivity index is 1.90. The van der Waals surface area contributed by atoms with E-state index < -0.39 is 34.0 Å². The molecule has 3 rings (SSSR count). The number of likely N-dealkylation sites (N-methyl/N-ethyl adjacent to an activating group) is 1. The van der Waals surface area contributed by atoms with Gasteiger partial charge in [-0.25, -0.2) is 0 Å². The van der Waals surface area contributed by atoms with Crippen LogP contribution < -0.4 is 19.1 Å². The van der Waals surface area contributed by atoms with Crippen molar-refractivity contribution in [3.8, 4) is 22.6 Å². The second kappa shape index (κ2) is 8.19. The first-order chi connectivity index (χ1) is 14.7. The average Bonchev–Trinajstić information content (AvgIpc) is 2.70. The van der Waals surface area contributed by atoms with Crippen molar-refractivity contribution in [2.45, 2.75) is 32.0 Å². The summed E-state index contributed by atoms with van der Waals surface area (Å²) < 4.78 is 70.9. The Kier molecular flexibility index (Phi) is 6.07. The van der Waals surface area contributed by atoms with Crippen molar-refractivity contribution in [3.63, 3.8) is 0 Å². The van der Waals surface area contributed by atoms with Crippen LogP contribution in [0.2, 0.25) is 0 Å². The molecular formula is C21H23F3N2O5S. The first-order valence-electron chi connectivity index (χ1n) is 9.60. The van der Waals surface area contributed by atoms with Crippen LogP contribution in [0.25, 0.3) is 11.1 Å². The molecule has 1 N–H and O–H groups in total. The highest BCUT2D eigenvalue weighted by atomic mass is 32.2. The standard InChI is InChI=1S/C21H23F3N2O5S/c1-20(2)19(27)26(3)17-11-13(5-8-16(17)25-20)15-7-6-14(12-18(15)30-4)31-32(28,29)10-9-21(22,23)24/h5-8,11-12,25H,9-10H2,1-4H3. The highest BCUT2D eigenvalue weighted by Gasteiger charge is 2.37. The second-order valence-electron chi connectivity index (χ2n) is 7.92. The third-order valence-electron chi connectivity index (χ3n) is 4.99. The number of hydrogen-bond donors (Lipinski definition) is 1. The van der Waals surface area contributed by atoms with Crippen molar-refractivity contribution in [2.75, 3.05) is 30.1 Å². The van der Waals surface area contributed by atoms with E-state index in [1.807, 2.05) is 12.1 Å². The van der Waals surface area contributed by atoms with Crippen molar-refractivity contribution in [1.82, 2.24) is 0 Å². The van der Waals surface area contributed by atoms with Gasteiger partial charge in [-0.3, -0.25) is 4.79 Å². The number of methoxy groups -OCH3 is 1. The van der Waals surface area contributed by atoms with E-state index in [1.54, 1.807) is 31.9 Å². The van der Waals surface area contributed by atoms with E-state index in [4.69, 9.17) is 8.92 Å². The molecule has 0 aliphatic carbocycles. The molecule has 0 radical (unpaired) electrons. The van der Waals surface area contributed by atoms with E-state index in [2.05, 4.69) is 5.32 Å². The van der Waals surface area contributed by atoms with E-state index in [9.17, 15) is 26.4 Å². The molecule has 1 aliphatic heterocycles. The minimum absolute atomic E-state index is 0.109. The van der Waals surface area contributed by atoms with Crippen molar-refractivity contribution < 1.29 is 35.3 Å². The van der Waals surface area contributed by atoms with Crippen LogP contribution in [0.5, 0.6) is 11.5 Å². The van der Waals surface area contributed by atoms with Crippen LogP contribution in [0.4, 0.5) is 24.5 Å². The van der Waals surface area contributed by atoms with Gasteiger partial charge in [-0.05, 0) is 43.7 Å². The number of nitrogens with one attached hydrogen (secondary N) is 1. The van der Waals surface area contributed by atoms with Crippen molar-refractivity contribution in [2.24, 2.45) is 0 Å². The van der Waals surface area contributed by atoms with Crippen molar-refractivity contribution >= 4 is 27.4 Å². The van der Waals surface area contributed by atoms with Gasteiger partial charge in [0.25, 0.3) is 5.91 Å². The zero-order chi connectivity index (χ0) is 23.9. The minimum atomic E-state index is -4.61. The molecule has 0 spiro atoms. The first kappa shape index (κ1) is 23.7. The molecule has 0 saturated carbocycles. The van der Waals surface area contributed by atoms with Crippen molar-refractivity contribution in [1.29, 1.82) is 0 Å². The summed E-state index contributed by atoms with van der Waals surface area (Å²) in [6.07, 6.45) is -6.11. The van der Waals surface area contributed by atoms with Gasteiger partial charge in [0.05, 0.1) is 30.7 Å². The van der Waals surface area contributed by atoms with Gasteiger partial charge in [0, 0.05) is 18.7 Å². The van der Waals surface area contributed by atoms with E-state index in [0.717, 1.165) is 5.69 Å². The van der Waals surface area contributed by atoms with E-state index in [-0.39, 0.29) is 17.4 Å². The molecule has 0 bridgehead atoms. The molecule has 2 aromatic carbocycles. The van der Waals surface area contributed by atoms with Crippen LogP contribution in [-0.4, -0.2) is 46.0 Å². The van der Waals surface area contributed by atoms with E-state index in [0.29, 0.717) is 16.8 Å². The number of hydrogen-bond acceptors (Lipinski definition) is 6. The average molecular weight is 472 g/mol. The third kappa shape index (κ3) is 5.09. The van der Waals surface area contributed by atoms with Crippen LogP contribution in [0, 0.1) is 0 Å². The first-order valence-corrected chi connectivity index (χ1v) is 11.2. The number of benzene rings is 2. The minimum Gasteiger partial charge on any atom is -0.496 e. The molecule has 1 amide bonds. The van der Waals surface area contributed by atoms with E-state index >= 15 is 0 Å². The Morgan fingerprint density at radius 3 is 2.44 bits per heavy atom. The highest BCUT2D eigenvalue weighted by Crippen LogP contribution is 2.40. The highest BCUT2D eigenvalue weighted by molar-refractivity contribution is 7.87. The molecule has 2 aromatic rings. The summed E-state index contributed by atoms with van der Waals surface area (Å²) in [6.45, 7) is 3.57. The molecular weight excluding hydrogens is 449 g/mol. The second-order valence-corrected chi connectivity index (χ2v) is 9.61. The molecule has 1 aliphatic rings. The largest absolute Gasteiger partial charge is 0.496 e. The van der Waals surface area contributed by atoms with Gasteiger partial charge >= 0.3 is 16.3 Å². The topological polar surface area (TPSA) is 84.9 Å². The summed E-state index contributed by atoms with van der Waals surface area (Å²) in [6, 6.07) is 9.57. The SMILES string of the molecule is COc1cc(OS(=O)(=O)CCC(F)(F)F)ccc1-c1ccc2c(c1)N(C)C(=O)C(C)(C)N2. The molecule has 0 fully saturated rings. The molecule has 0 saturated heterocycles. The summed E-state index contributed by atoms with van der Waals surface area (Å²) in [5, 5.41) is 3.19. The number of alkyl halides is 3. The van der Waals surface area contributed by atoms with Gasteiger partial charge in [0.15, 0.2) is 0 Å². The predicted molar refractivity (Wildman–Crippen MR) is 115 cm³/mol. The number of anilines is 2. The number of ether oxygens (including phenoxy) is 1. The normalized spacial score (nSPS) is 15.7. The molecule has 1 heterocycles. The van der Waals surface area contributed by atoms with Crippen LogP contribution in [0.3, 0.4) is 0 Å². The third-order valence-corrected chi connectivity index (χ3v) is 6.14. The predicted octanol–water partition coefficient (Wildman–Crippen LogP) is 4.19. The van der Waals surface area contributed by atoms with Crippen LogP contribution in [-0.2, 0) is 14.9 Å². The number of rotatable bonds is 6. The molecule has 0 unspecified atom stereocenters. The fraction of sp³-hybridized carbons (Fsp3) is 0.381. The number of fused-ring (bicyclic) bond motifs is 1. The molecule has 32 heavy (non-hydrogen) atoms. The number of nitrogens with zero attached hydrogens (tertiary/aromatic N) is 1. The Bertz CT molecular complexity index is 1150. The quantitative estimate of drug-likeness (QED) is 0.635. The van der Waals surface area contributed by atoms with Gasteiger partial charge in [0.1, 0.15) is 17.0 Å². The number of carbonyl (C=O) groups excluding carboxylic acids is 1. The lowest BCUT2D eigenvalue weighted by Gasteiger charge is -2.38. The van der Waals surface area contributed by atoms with Gasteiger partial charge in [-0.2, -0.15) is 21.6 Å². The van der Waals surface area contributed by atoms with Crippen LogP contribution in [0.15, 0.2) is 36.4 Å². The number of amides is 1. The van der Waals surface area contributed by atoms with Gasteiger partial charge in [-0.15, -0.1) is 0 Å². The monoisotopic (exact) mass is 472 g/mol. The van der Waals surface area contributed by atoms with Crippen molar-refractivity contribution in [3.05, 3.63) is 36.4 Å². The fourth-order valence-electron chi connectivity index (χ4n) is 3.39.